The minimum absolute atomic E-state index is 0.0157. The first-order valence-electron chi connectivity index (χ1n) is 9.85. The van der Waals surface area contributed by atoms with Crippen LogP contribution in [0.2, 0.25) is 5.02 Å². The molecule has 0 aliphatic carbocycles. The van der Waals surface area contributed by atoms with Gasteiger partial charge in [0.1, 0.15) is 5.75 Å². The van der Waals surface area contributed by atoms with Gasteiger partial charge in [0.2, 0.25) is 0 Å². The highest BCUT2D eigenvalue weighted by atomic mass is 35.5. The zero-order valence-corrected chi connectivity index (χ0v) is 17.7. The van der Waals surface area contributed by atoms with Crippen LogP contribution in [0.1, 0.15) is 25.1 Å². The van der Waals surface area contributed by atoms with E-state index in [9.17, 15) is 4.79 Å². The molecule has 1 heterocycles. The van der Waals surface area contributed by atoms with Gasteiger partial charge < -0.3 is 14.2 Å². The van der Waals surface area contributed by atoms with Crippen molar-refractivity contribution in [3.05, 3.63) is 89.2 Å². The molecule has 0 atom stereocenters. The molecule has 0 spiro atoms. The lowest BCUT2D eigenvalue weighted by Crippen LogP contribution is -2.37. The largest absolute Gasteiger partial charge is 0.484 e. The van der Waals surface area contributed by atoms with Crippen molar-refractivity contribution in [1.29, 1.82) is 0 Å². The summed E-state index contributed by atoms with van der Waals surface area (Å²) < 4.78 is 7.83. The Bertz CT molecular complexity index is 921. The minimum Gasteiger partial charge on any atom is -0.484 e. The van der Waals surface area contributed by atoms with Gasteiger partial charge in [0.15, 0.2) is 6.61 Å². The van der Waals surface area contributed by atoms with Gasteiger partial charge in [0.05, 0.1) is 6.54 Å². The number of hydrogen-bond donors (Lipinski definition) is 0. The lowest BCUT2D eigenvalue weighted by Gasteiger charge is -2.25. The molecule has 0 fully saturated rings. The molecule has 29 heavy (non-hydrogen) atoms. The van der Waals surface area contributed by atoms with Crippen LogP contribution in [0.15, 0.2) is 72.9 Å². The third-order valence-corrected chi connectivity index (χ3v) is 4.80. The SMILES string of the molecule is CC(C)CN(Cc1cccn1Cc1cccc(Cl)c1)C(=O)COc1ccccc1. The number of ether oxygens (including phenoxy) is 1. The monoisotopic (exact) mass is 410 g/mol. The van der Waals surface area contributed by atoms with Crippen molar-refractivity contribution in [1.82, 2.24) is 9.47 Å². The Labute approximate surface area is 177 Å². The molecule has 0 saturated heterocycles. The number of nitrogens with zero attached hydrogens (tertiary/aromatic N) is 2. The van der Waals surface area contributed by atoms with Crippen molar-refractivity contribution in [2.45, 2.75) is 26.9 Å². The smallest absolute Gasteiger partial charge is 0.260 e. The van der Waals surface area contributed by atoms with Crippen LogP contribution in [0, 0.1) is 5.92 Å². The second-order valence-corrected chi connectivity index (χ2v) is 7.96. The van der Waals surface area contributed by atoms with Crippen molar-refractivity contribution in [3.63, 3.8) is 0 Å². The number of amides is 1. The van der Waals surface area contributed by atoms with Crippen LogP contribution in [0.25, 0.3) is 0 Å². The summed E-state index contributed by atoms with van der Waals surface area (Å²) in [5.74, 6) is 1.06. The molecule has 3 aromatic rings. The van der Waals surface area contributed by atoms with Crippen LogP contribution in [-0.4, -0.2) is 28.5 Å². The fourth-order valence-electron chi connectivity index (χ4n) is 3.22. The highest BCUT2D eigenvalue weighted by molar-refractivity contribution is 6.30. The number of carbonyl (C=O) groups is 1. The Morgan fingerprint density at radius 3 is 2.59 bits per heavy atom. The highest BCUT2D eigenvalue weighted by Gasteiger charge is 2.18. The third kappa shape index (κ3) is 6.40. The summed E-state index contributed by atoms with van der Waals surface area (Å²) in [6.45, 7) is 6.20. The van der Waals surface area contributed by atoms with E-state index >= 15 is 0 Å². The molecule has 0 aliphatic heterocycles. The van der Waals surface area contributed by atoms with Crippen LogP contribution in [0.3, 0.4) is 0 Å². The maximum absolute atomic E-state index is 12.9. The van der Waals surface area contributed by atoms with Gasteiger partial charge >= 0.3 is 0 Å². The van der Waals surface area contributed by atoms with Gasteiger partial charge in [0, 0.05) is 30.0 Å². The first-order valence-corrected chi connectivity index (χ1v) is 10.2. The van der Waals surface area contributed by atoms with E-state index in [-0.39, 0.29) is 12.5 Å². The van der Waals surface area contributed by atoms with E-state index < -0.39 is 0 Å². The predicted octanol–water partition coefficient (Wildman–Crippen LogP) is 5.25. The lowest BCUT2D eigenvalue weighted by atomic mass is 10.2. The molecule has 0 N–H and O–H groups in total. The van der Waals surface area contributed by atoms with E-state index in [1.807, 2.05) is 65.7 Å². The summed E-state index contributed by atoms with van der Waals surface area (Å²) in [5.41, 5.74) is 2.21. The molecule has 5 heteroatoms. The fraction of sp³-hybridized carbons (Fsp3) is 0.292. The van der Waals surface area contributed by atoms with E-state index in [2.05, 4.69) is 30.5 Å². The number of halogens is 1. The van der Waals surface area contributed by atoms with Crippen molar-refractivity contribution in [2.75, 3.05) is 13.2 Å². The normalized spacial score (nSPS) is 10.9. The average Bonchev–Trinajstić information content (AvgIpc) is 3.12. The van der Waals surface area contributed by atoms with Crippen molar-refractivity contribution < 1.29 is 9.53 Å². The maximum Gasteiger partial charge on any atom is 0.260 e. The molecule has 152 valence electrons. The number of rotatable bonds is 9. The molecule has 0 radical (unpaired) electrons. The topological polar surface area (TPSA) is 34.5 Å². The number of benzene rings is 2. The fourth-order valence-corrected chi connectivity index (χ4v) is 3.44. The van der Waals surface area contributed by atoms with Crippen molar-refractivity contribution in [3.8, 4) is 5.75 Å². The first-order chi connectivity index (χ1) is 14.0. The summed E-state index contributed by atoms with van der Waals surface area (Å²) in [5, 5.41) is 0.728. The summed E-state index contributed by atoms with van der Waals surface area (Å²) in [7, 11) is 0. The molecule has 0 unspecified atom stereocenters. The van der Waals surface area contributed by atoms with Gasteiger partial charge in [-0.1, -0.05) is 55.8 Å². The Hall–Kier alpha value is -2.72. The van der Waals surface area contributed by atoms with Crippen molar-refractivity contribution in [2.24, 2.45) is 5.92 Å². The molecule has 1 amide bonds. The van der Waals surface area contributed by atoms with Crippen LogP contribution in [-0.2, 0) is 17.9 Å². The second-order valence-electron chi connectivity index (χ2n) is 7.53. The average molecular weight is 411 g/mol. The molecule has 3 rings (SSSR count). The molecular weight excluding hydrogens is 384 g/mol. The molecule has 0 bridgehead atoms. The van der Waals surface area contributed by atoms with Crippen LogP contribution >= 0.6 is 11.6 Å². The third-order valence-electron chi connectivity index (χ3n) is 4.56. The molecule has 0 aliphatic rings. The number of para-hydroxylation sites is 1. The van der Waals surface area contributed by atoms with Gasteiger partial charge in [0.25, 0.3) is 5.91 Å². The summed E-state index contributed by atoms with van der Waals surface area (Å²) in [6.07, 6.45) is 2.04. The minimum atomic E-state index is -0.0157. The Morgan fingerprint density at radius 2 is 1.86 bits per heavy atom. The van der Waals surface area contributed by atoms with E-state index in [0.29, 0.717) is 31.3 Å². The Kier molecular flexibility index (Phi) is 7.36. The Balaban J connectivity index is 1.68. The van der Waals surface area contributed by atoms with Gasteiger partial charge in [-0.15, -0.1) is 0 Å². The van der Waals surface area contributed by atoms with Crippen LogP contribution < -0.4 is 4.74 Å². The molecular formula is C24H27ClN2O2. The molecule has 2 aromatic carbocycles. The van der Waals surface area contributed by atoms with Crippen LogP contribution in [0.5, 0.6) is 5.75 Å². The predicted molar refractivity (Wildman–Crippen MR) is 117 cm³/mol. The number of aromatic nitrogens is 1. The quantitative estimate of drug-likeness (QED) is 0.482. The van der Waals surface area contributed by atoms with E-state index in [1.165, 1.54) is 0 Å². The van der Waals surface area contributed by atoms with Gasteiger partial charge in [-0.3, -0.25) is 4.79 Å². The van der Waals surface area contributed by atoms with Crippen LogP contribution in [0.4, 0.5) is 0 Å². The standard InChI is InChI=1S/C24H27ClN2O2/c1-19(2)15-27(24(28)18-29-23-11-4-3-5-12-23)17-22-10-7-13-26(22)16-20-8-6-9-21(25)14-20/h3-14,19H,15-18H2,1-2H3. The summed E-state index contributed by atoms with van der Waals surface area (Å²) >= 11 is 6.12. The zero-order chi connectivity index (χ0) is 20.6. The first kappa shape index (κ1) is 21.0. The second kappa shape index (κ2) is 10.2. The molecule has 0 saturated carbocycles. The lowest BCUT2D eigenvalue weighted by molar-refractivity contribution is -0.134. The number of hydrogen-bond acceptors (Lipinski definition) is 2. The van der Waals surface area contributed by atoms with Gasteiger partial charge in [-0.2, -0.15) is 0 Å². The van der Waals surface area contributed by atoms with Crippen molar-refractivity contribution >= 4 is 17.5 Å². The summed E-state index contributed by atoms with van der Waals surface area (Å²) in [4.78, 5) is 14.7. The van der Waals surface area contributed by atoms with Gasteiger partial charge in [-0.05, 0) is 47.9 Å². The molecule has 4 nitrogen and oxygen atoms in total. The van der Waals surface area contributed by atoms with E-state index in [1.54, 1.807) is 0 Å². The molecule has 1 aromatic heterocycles. The van der Waals surface area contributed by atoms with E-state index in [0.717, 1.165) is 16.3 Å². The highest BCUT2D eigenvalue weighted by Crippen LogP contribution is 2.16. The summed E-state index contributed by atoms with van der Waals surface area (Å²) in [6, 6.07) is 21.4. The van der Waals surface area contributed by atoms with Gasteiger partial charge in [-0.25, -0.2) is 0 Å². The number of carbonyl (C=O) groups excluding carboxylic acids is 1. The van der Waals surface area contributed by atoms with E-state index in [4.69, 9.17) is 16.3 Å². The maximum atomic E-state index is 12.9. The zero-order valence-electron chi connectivity index (χ0n) is 16.9. The Morgan fingerprint density at radius 1 is 1.07 bits per heavy atom.